The van der Waals surface area contributed by atoms with Gasteiger partial charge in [0.15, 0.2) is 0 Å². The number of carboxylic acids is 1. The van der Waals surface area contributed by atoms with Crippen LogP contribution in [0.15, 0.2) is 24.7 Å². The van der Waals surface area contributed by atoms with E-state index in [1.807, 2.05) is 20.3 Å². The van der Waals surface area contributed by atoms with Gasteiger partial charge >= 0.3 is 5.97 Å². The molecular weight excluding hydrogens is 182 g/mol. The highest BCUT2D eigenvalue weighted by atomic mass is 16.4. The average Bonchev–Trinajstić information content (AvgIpc) is 2.48. The fourth-order valence-electron chi connectivity index (χ4n) is 1.09. The maximum atomic E-state index is 10.2. The molecule has 1 aromatic rings. The normalized spacial score (nSPS) is 10.7. The summed E-state index contributed by atoms with van der Waals surface area (Å²) in [4.78, 5) is 12.0. The number of rotatable bonds is 4. The molecule has 14 heavy (non-hydrogen) atoms. The van der Waals surface area contributed by atoms with Gasteiger partial charge < -0.3 is 10.0 Å². The van der Waals surface area contributed by atoms with Gasteiger partial charge in [-0.2, -0.15) is 5.10 Å². The molecule has 0 saturated carbocycles. The van der Waals surface area contributed by atoms with Crippen LogP contribution in [0.25, 0.3) is 0 Å². The smallest absolute Gasteiger partial charge is 0.329 e. The molecule has 0 saturated heterocycles. The third-order valence-corrected chi connectivity index (χ3v) is 1.66. The van der Waals surface area contributed by atoms with Crippen LogP contribution >= 0.6 is 0 Å². The quantitative estimate of drug-likeness (QED) is 0.709. The van der Waals surface area contributed by atoms with Crippen molar-refractivity contribution >= 4 is 5.97 Å². The molecule has 0 radical (unpaired) electrons. The Hall–Kier alpha value is -1.78. The van der Waals surface area contributed by atoms with Gasteiger partial charge in [0.25, 0.3) is 0 Å². The fraction of sp³-hybridized carbons (Fsp3) is 0.333. The zero-order chi connectivity index (χ0) is 10.6. The van der Waals surface area contributed by atoms with Gasteiger partial charge in [0.2, 0.25) is 0 Å². The van der Waals surface area contributed by atoms with Gasteiger partial charge in [0.05, 0.1) is 6.20 Å². The third kappa shape index (κ3) is 3.30. The summed E-state index contributed by atoms with van der Waals surface area (Å²) in [6.07, 6.45) is 6.28. The third-order valence-electron chi connectivity index (χ3n) is 1.66. The number of aromatic nitrogens is 2. The monoisotopic (exact) mass is 195 g/mol. The first kappa shape index (κ1) is 10.3. The predicted octanol–water partition coefficient (Wildman–Crippen LogP) is 0.450. The number of aliphatic carboxylic acids is 1. The Morgan fingerprint density at radius 3 is 3.00 bits per heavy atom. The molecule has 5 heteroatoms. The van der Waals surface area contributed by atoms with Gasteiger partial charge in [-0.05, 0) is 0 Å². The number of nitrogens with zero attached hydrogens (tertiary/aromatic N) is 3. The highest BCUT2D eigenvalue weighted by Crippen LogP contribution is 2.00. The summed E-state index contributed by atoms with van der Waals surface area (Å²) in [7, 11) is 3.66. The van der Waals surface area contributed by atoms with Crippen molar-refractivity contribution in [2.24, 2.45) is 7.05 Å². The second-order valence-electron chi connectivity index (χ2n) is 3.09. The van der Waals surface area contributed by atoms with Crippen LogP contribution in [0, 0.1) is 0 Å². The summed E-state index contributed by atoms with van der Waals surface area (Å²) in [6, 6.07) is 0. The standard InChI is InChI=1S/C9H13N3O2/c1-11(4-3-9(13)14)6-8-5-10-12(2)7-8/h3-5,7H,6H2,1-2H3,(H,13,14). The maximum Gasteiger partial charge on any atom is 0.329 e. The molecule has 0 unspecified atom stereocenters. The molecule has 1 heterocycles. The molecule has 0 aliphatic heterocycles. The minimum absolute atomic E-state index is 0.650. The van der Waals surface area contributed by atoms with E-state index in [0.717, 1.165) is 11.6 Å². The SMILES string of the molecule is CN(C=CC(=O)O)Cc1cnn(C)c1. The summed E-state index contributed by atoms with van der Waals surface area (Å²) in [5, 5.41) is 12.4. The summed E-state index contributed by atoms with van der Waals surface area (Å²) in [5.74, 6) is -0.942. The molecule has 0 fully saturated rings. The second kappa shape index (κ2) is 4.45. The lowest BCUT2D eigenvalue weighted by Crippen LogP contribution is -2.10. The first-order valence-corrected chi connectivity index (χ1v) is 4.17. The number of hydrogen-bond donors (Lipinski definition) is 1. The Labute approximate surface area is 82.3 Å². The van der Waals surface area contributed by atoms with Crippen molar-refractivity contribution in [2.45, 2.75) is 6.54 Å². The lowest BCUT2D eigenvalue weighted by atomic mass is 10.3. The Bertz CT molecular complexity index is 344. The summed E-state index contributed by atoms with van der Waals surface area (Å²) in [5.41, 5.74) is 1.05. The minimum Gasteiger partial charge on any atom is -0.478 e. The molecule has 0 spiro atoms. The zero-order valence-electron chi connectivity index (χ0n) is 8.21. The van der Waals surface area contributed by atoms with Crippen LogP contribution in [0.1, 0.15) is 5.56 Å². The molecular formula is C9H13N3O2. The molecule has 1 aromatic heterocycles. The first-order valence-electron chi connectivity index (χ1n) is 4.17. The minimum atomic E-state index is -0.942. The number of carbonyl (C=O) groups is 1. The van der Waals surface area contributed by atoms with Gasteiger partial charge in [-0.3, -0.25) is 4.68 Å². The second-order valence-corrected chi connectivity index (χ2v) is 3.09. The molecule has 0 amide bonds. The molecule has 0 aliphatic rings. The number of hydrogen-bond acceptors (Lipinski definition) is 3. The van der Waals surface area contributed by atoms with Gasteiger partial charge in [-0.25, -0.2) is 4.79 Å². The number of aryl methyl sites for hydroxylation is 1. The van der Waals surface area contributed by atoms with E-state index in [1.54, 1.807) is 15.8 Å². The van der Waals surface area contributed by atoms with E-state index in [-0.39, 0.29) is 0 Å². The van der Waals surface area contributed by atoms with Crippen LogP contribution in [0.4, 0.5) is 0 Å². The largest absolute Gasteiger partial charge is 0.478 e. The molecule has 0 aromatic carbocycles. The van der Waals surface area contributed by atoms with Gasteiger partial charge in [0, 0.05) is 44.7 Å². The van der Waals surface area contributed by atoms with Crippen molar-refractivity contribution in [2.75, 3.05) is 7.05 Å². The van der Waals surface area contributed by atoms with Crippen molar-refractivity contribution in [3.8, 4) is 0 Å². The zero-order valence-corrected chi connectivity index (χ0v) is 8.21. The summed E-state index contributed by atoms with van der Waals surface area (Å²) >= 11 is 0. The topological polar surface area (TPSA) is 58.4 Å². The summed E-state index contributed by atoms with van der Waals surface area (Å²) in [6.45, 7) is 0.650. The van der Waals surface area contributed by atoms with E-state index in [2.05, 4.69) is 5.10 Å². The molecule has 0 aliphatic carbocycles. The molecule has 76 valence electrons. The van der Waals surface area contributed by atoms with Crippen LogP contribution in [-0.4, -0.2) is 32.8 Å². The van der Waals surface area contributed by atoms with E-state index in [4.69, 9.17) is 5.11 Å². The maximum absolute atomic E-state index is 10.2. The highest BCUT2D eigenvalue weighted by molar-refractivity contribution is 5.79. The molecule has 0 atom stereocenters. The Balaban J connectivity index is 2.48. The van der Waals surface area contributed by atoms with Crippen LogP contribution in [0.5, 0.6) is 0 Å². The lowest BCUT2D eigenvalue weighted by molar-refractivity contribution is -0.131. The Morgan fingerprint density at radius 1 is 1.79 bits per heavy atom. The van der Waals surface area contributed by atoms with E-state index < -0.39 is 5.97 Å². The van der Waals surface area contributed by atoms with Crippen molar-refractivity contribution < 1.29 is 9.90 Å². The van der Waals surface area contributed by atoms with Crippen LogP contribution in [0.2, 0.25) is 0 Å². The first-order chi connectivity index (χ1) is 6.58. The Morgan fingerprint density at radius 2 is 2.50 bits per heavy atom. The van der Waals surface area contributed by atoms with E-state index in [9.17, 15) is 4.79 Å². The van der Waals surface area contributed by atoms with Crippen molar-refractivity contribution in [1.82, 2.24) is 14.7 Å². The van der Waals surface area contributed by atoms with Crippen molar-refractivity contribution in [3.63, 3.8) is 0 Å². The Kier molecular flexibility index (Phi) is 3.28. The summed E-state index contributed by atoms with van der Waals surface area (Å²) < 4.78 is 1.71. The lowest BCUT2D eigenvalue weighted by Gasteiger charge is -2.11. The fourth-order valence-corrected chi connectivity index (χ4v) is 1.09. The number of carboxylic acid groups (broad SMARTS) is 1. The van der Waals surface area contributed by atoms with E-state index in [0.29, 0.717) is 6.54 Å². The molecule has 5 nitrogen and oxygen atoms in total. The molecule has 0 bridgehead atoms. The van der Waals surface area contributed by atoms with Crippen molar-refractivity contribution in [3.05, 3.63) is 30.2 Å². The van der Waals surface area contributed by atoms with E-state index in [1.165, 1.54) is 6.20 Å². The van der Waals surface area contributed by atoms with Crippen LogP contribution in [0.3, 0.4) is 0 Å². The average molecular weight is 195 g/mol. The van der Waals surface area contributed by atoms with Gasteiger partial charge in [0.1, 0.15) is 0 Å². The molecule has 1 N–H and O–H groups in total. The van der Waals surface area contributed by atoms with Crippen molar-refractivity contribution in [1.29, 1.82) is 0 Å². The predicted molar refractivity (Wildman–Crippen MR) is 51.5 cm³/mol. The highest BCUT2D eigenvalue weighted by Gasteiger charge is 1.98. The van der Waals surface area contributed by atoms with E-state index >= 15 is 0 Å². The van der Waals surface area contributed by atoms with Crippen LogP contribution < -0.4 is 0 Å². The van der Waals surface area contributed by atoms with Gasteiger partial charge in [-0.15, -0.1) is 0 Å². The van der Waals surface area contributed by atoms with Gasteiger partial charge in [-0.1, -0.05) is 0 Å². The molecule has 1 rings (SSSR count). The van der Waals surface area contributed by atoms with Crippen LogP contribution in [-0.2, 0) is 18.4 Å².